The Morgan fingerprint density at radius 3 is 1.58 bits per heavy atom. The van der Waals surface area contributed by atoms with Crippen LogP contribution in [0.2, 0.25) is 0 Å². The molecule has 2 heteroatoms. The molecule has 0 aliphatic rings. The average molecular weight is 491 g/mol. The molecule has 3 aromatic rings. The molecule has 0 radical (unpaired) electrons. The van der Waals surface area contributed by atoms with Crippen molar-refractivity contribution in [2.24, 2.45) is 11.8 Å². The summed E-state index contributed by atoms with van der Waals surface area (Å²) in [7, 11) is 0. The second-order valence-electron chi connectivity index (χ2n) is 10.8. The van der Waals surface area contributed by atoms with Crippen LogP contribution in [0.15, 0.2) is 42.5 Å². The fourth-order valence-corrected chi connectivity index (χ4v) is 5.17. The number of benzene rings is 3. The van der Waals surface area contributed by atoms with Crippen LogP contribution in [-0.4, -0.2) is 13.2 Å². The quantitative estimate of drug-likeness (QED) is 0.186. The van der Waals surface area contributed by atoms with Crippen molar-refractivity contribution in [2.75, 3.05) is 13.2 Å². The van der Waals surface area contributed by atoms with Crippen LogP contribution in [-0.2, 0) is 0 Å². The van der Waals surface area contributed by atoms with Gasteiger partial charge in [0.2, 0.25) is 0 Å². The SMILES string of the molecule is CCCCC(CC)COc1c2ccccc2c(OCC(CC)CCCC)c2cc(C(C)CC)ccc12. The number of hydrogen-bond donors (Lipinski definition) is 0. The summed E-state index contributed by atoms with van der Waals surface area (Å²) in [4.78, 5) is 0. The van der Waals surface area contributed by atoms with Gasteiger partial charge < -0.3 is 9.47 Å². The van der Waals surface area contributed by atoms with E-state index in [1.165, 1.54) is 65.6 Å². The number of fused-ring (bicyclic) bond motifs is 2. The molecule has 198 valence electrons. The van der Waals surface area contributed by atoms with Gasteiger partial charge in [0.05, 0.1) is 13.2 Å². The van der Waals surface area contributed by atoms with Gasteiger partial charge in [0.1, 0.15) is 11.5 Å². The minimum atomic E-state index is 0.518. The Kier molecular flexibility index (Phi) is 11.4. The Hall–Kier alpha value is -2.22. The monoisotopic (exact) mass is 490 g/mol. The molecule has 0 fully saturated rings. The Morgan fingerprint density at radius 1 is 0.611 bits per heavy atom. The largest absolute Gasteiger partial charge is 0.492 e. The van der Waals surface area contributed by atoms with Crippen LogP contribution >= 0.6 is 0 Å². The minimum absolute atomic E-state index is 0.518. The van der Waals surface area contributed by atoms with Crippen molar-refractivity contribution in [1.29, 1.82) is 0 Å². The van der Waals surface area contributed by atoms with Crippen LogP contribution < -0.4 is 9.47 Å². The Bertz CT molecular complexity index is 1070. The van der Waals surface area contributed by atoms with Crippen LogP contribution in [0.1, 0.15) is 111 Å². The normalized spacial score (nSPS) is 14.2. The van der Waals surface area contributed by atoms with Crippen LogP contribution in [0.3, 0.4) is 0 Å². The van der Waals surface area contributed by atoms with Crippen molar-refractivity contribution in [2.45, 2.75) is 105 Å². The fraction of sp³-hybridized carbons (Fsp3) is 0.588. The van der Waals surface area contributed by atoms with Gasteiger partial charge in [-0.15, -0.1) is 0 Å². The standard InChI is InChI=1S/C34H50O2/c1-7-12-16-26(10-4)23-35-33-29-18-14-15-19-30(29)34(36-24-27(11-5)17-13-8-2)32-22-28(25(6)9-3)20-21-31(32)33/h14-15,18-22,25-27H,7-13,16-17,23-24H2,1-6H3. The Balaban J connectivity index is 2.10. The molecule has 36 heavy (non-hydrogen) atoms. The molecule has 3 rings (SSSR count). The van der Waals surface area contributed by atoms with Crippen molar-refractivity contribution < 1.29 is 9.47 Å². The van der Waals surface area contributed by atoms with Gasteiger partial charge in [-0.3, -0.25) is 0 Å². The zero-order chi connectivity index (χ0) is 25.9. The molecule has 0 N–H and O–H groups in total. The zero-order valence-corrected chi connectivity index (χ0v) is 23.9. The lowest BCUT2D eigenvalue weighted by Crippen LogP contribution is -2.13. The summed E-state index contributed by atoms with van der Waals surface area (Å²) in [6, 6.07) is 15.6. The molecule has 0 aliphatic heterocycles. The summed E-state index contributed by atoms with van der Waals surface area (Å²) in [6.45, 7) is 15.3. The molecular weight excluding hydrogens is 440 g/mol. The Morgan fingerprint density at radius 2 is 1.11 bits per heavy atom. The van der Waals surface area contributed by atoms with Gasteiger partial charge >= 0.3 is 0 Å². The van der Waals surface area contributed by atoms with E-state index >= 15 is 0 Å². The summed E-state index contributed by atoms with van der Waals surface area (Å²) in [5, 5.41) is 4.73. The molecule has 3 unspecified atom stereocenters. The highest BCUT2D eigenvalue weighted by Crippen LogP contribution is 2.44. The van der Waals surface area contributed by atoms with Crippen LogP contribution in [0.25, 0.3) is 21.5 Å². The highest BCUT2D eigenvalue weighted by molar-refractivity contribution is 6.11. The average Bonchev–Trinajstić information content (AvgIpc) is 2.92. The summed E-state index contributed by atoms with van der Waals surface area (Å²) in [5.74, 6) is 3.77. The molecule has 0 amide bonds. The number of unbranched alkanes of at least 4 members (excludes halogenated alkanes) is 2. The van der Waals surface area contributed by atoms with E-state index in [1.54, 1.807) is 0 Å². The predicted octanol–water partition coefficient (Wildman–Crippen LogP) is 10.7. The maximum atomic E-state index is 6.75. The first kappa shape index (κ1) is 28.4. The van der Waals surface area contributed by atoms with Gasteiger partial charge in [-0.25, -0.2) is 0 Å². The van der Waals surface area contributed by atoms with E-state index in [-0.39, 0.29) is 0 Å². The van der Waals surface area contributed by atoms with Crippen molar-refractivity contribution >= 4 is 21.5 Å². The third kappa shape index (κ3) is 6.96. The van der Waals surface area contributed by atoms with E-state index < -0.39 is 0 Å². The third-order valence-electron chi connectivity index (χ3n) is 8.14. The van der Waals surface area contributed by atoms with Gasteiger partial charge in [-0.1, -0.05) is 116 Å². The van der Waals surface area contributed by atoms with E-state index in [4.69, 9.17) is 9.47 Å². The molecule has 0 saturated carbocycles. The van der Waals surface area contributed by atoms with E-state index in [0.717, 1.165) is 44.0 Å². The van der Waals surface area contributed by atoms with Crippen molar-refractivity contribution in [3.63, 3.8) is 0 Å². The first-order valence-electron chi connectivity index (χ1n) is 14.8. The highest BCUT2D eigenvalue weighted by atomic mass is 16.5. The maximum Gasteiger partial charge on any atom is 0.135 e. The molecule has 2 nitrogen and oxygen atoms in total. The van der Waals surface area contributed by atoms with Gasteiger partial charge in [-0.05, 0) is 48.6 Å². The molecule has 0 heterocycles. The first-order valence-corrected chi connectivity index (χ1v) is 14.8. The molecule has 0 aromatic heterocycles. The second-order valence-corrected chi connectivity index (χ2v) is 10.8. The molecule has 0 bridgehead atoms. The third-order valence-corrected chi connectivity index (χ3v) is 8.14. The summed E-state index contributed by atoms with van der Waals surface area (Å²) in [6.07, 6.45) is 10.9. The molecule has 0 aliphatic carbocycles. The van der Waals surface area contributed by atoms with Crippen molar-refractivity contribution in [1.82, 2.24) is 0 Å². The zero-order valence-electron chi connectivity index (χ0n) is 23.9. The van der Waals surface area contributed by atoms with E-state index in [0.29, 0.717) is 17.8 Å². The number of rotatable bonds is 16. The van der Waals surface area contributed by atoms with Crippen LogP contribution in [0.5, 0.6) is 11.5 Å². The molecule has 3 aromatic carbocycles. The lowest BCUT2D eigenvalue weighted by Gasteiger charge is -2.23. The predicted molar refractivity (Wildman–Crippen MR) is 158 cm³/mol. The Labute approximate surface area is 220 Å². The van der Waals surface area contributed by atoms with Gasteiger partial charge in [0.15, 0.2) is 0 Å². The van der Waals surface area contributed by atoms with Crippen molar-refractivity contribution in [3.8, 4) is 11.5 Å². The minimum Gasteiger partial charge on any atom is -0.492 e. The maximum absolute atomic E-state index is 6.75. The van der Waals surface area contributed by atoms with E-state index in [1.807, 2.05) is 0 Å². The number of ether oxygens (including phenoxy) is 2. The van der Waals surface area contributed by atoms with E-state index in [2.05, 4.69) is 84.0 Å². The van der Waals surface area contributed by atoms with Gasteiger partial charge in [-0.2, -0.15) is 0 Å². The van der Waals surface area contributed by atoms with E-state index in [9.17, 15) is 0 Å². The topological polar surface area (TPSA) is 18.5 Å². The second kappa shape index (κ2) is 14.5. The lowest BCUT2D eigenvalue weighted by molar-refractivity contribution is 0.234. The fourth-order valence-electron chi connectivity index (χ4n) is 5.17. The van der Waals surface area contributed by atoms with Crippen LogP contribution in [0, 0.1) is 11.8 Å². The highest BCUT2D eigenvalue weighted by Gasteiger charge is 2.20. The first-order chi connectivity index (χ1) is 17.6. The summed E-state index contributed by atoms with van der Waals surface area (Å²) < 4.78 is 13.5. The summed E-state index contributed by atoms with van der Waals surface area (Å²) in [5.41, 5.74) is 1.38. The lowest BCUT2D eigenvalue weighted by atomic mass is 9.93. The smallest absolute Gasteiger partial charge is 0.135 e. The molecule has 0 saturated heterocycles. The molecule has 3 atom stereocenters. The van der Waals surface area contributed by atoms with Crippen molar-refractivity contribution in [3.05, 3.63) is 48.0 Å². The van der Waals surface area contributed by atoms with Gasteiger partial charge in [0, 0.05) is 21.5 Å². The molecule has 0 spiro atoms. The van der Waals surface area contributed by atoms with Gasteiger partial charge in [0.25, 0.3) is 0 Å². The molecular formula is C34H50O2. The van der Waals surface area contributed by atoms with Crippen LogP contribution in [0.4, 0.5) is 0 Å². The summed E-state index contributed by atoms with van der Waals surface area (Å²) >= 11 is 0. The number of hydrogen-bond acceptors (Lipinski definition) is 2.